The standard InChI is InChI=1S/C20H18FNO4/c1-12(2)25-17-9-4-13(11-18(17)24-3)10-16-20(23)26-19(22-16)14-5-7-15(21)8-6-14/h4-12H,1-3H3/b16-10+. The van der Waals surface area contributed by atoms with Crippen molar-refractivity contribution in [1.29, 1.82) is 0 Å². The fraction of sp³-hybridized carbons (Fsp3) is 0.200. The number of carbonyl (C=O) groups is 1. The SMILES string of the molecule is COc1cc(/C=C2/N=C(c3ccc(F)cc3)OC2=O)ccc1OC(C)C. The predicted octanol–water partition coefficient (Wildman–Crippen LogP) is 3.97. The summed E-state index contributed by atoms with van der Waals surface area (Å²) in [7, 11) is 1.55. The molecule has 26 heavy (non-hydrogen) atoms. The van der Waals surface area contributed by atoms with Crippen molar-refractivity contribution < 1.29 is 23.4 Å². The van der Waals surface area contributed by atoms with Crippen LogP contribution in [0.3, 0.4) is 0 Å². The van der Waals surface area contributed by atoms with Gasteiger partial charge in [0.1, 0.15) is 5.82 Å². The minimum absolute atomic E-state index is 0.0146. The number of aliphatic imine (C=N–C) groups is 1. The molecule has 0 radical (unpaired) electrons. The van der Waals surface area contributed by atoms with Gasteiger partial charge in [0, 0.05) is 5.56 Å². The van der Waals surface area contributed by atoms with Gasteiger partial charge in [0.25, 0.3) is 0 Å². The Morgan fingerprint density at radius 3 is 2.50 bits per heavy atom. The van der Waals surface area contributed by atoms with Gasteiger partial charge in [-0.15, -0.1) is 0 Å². The molecule has 134 valence electrons. The molecule has 1 aliphatic heterocycles. The van der Waals surface area contributed by atoms with E-state index >= 15 is 0 Å². The van der Waals surface area contributed by atoms with Crippen LogP contribution in [-0.2, 0) is 9.53 Å². The van der Waals surface area contributed by atoms with Crippen LogP contribution in [0.5, 0.6) is 11.5 Å². The Balaban J connectivity index is 1.89. The van der Waals surface area contributed by atoms with E-state index in [0.29, 0.717) is 22.6 Å². The quantitative estimate of drug-likeness (QED) is 0.602. The molecule has 5 nitrogen and oxygen atoms in total. The molecule has 0 aliphatic carbocycles. The highest BCUT2D eigenvalue weighted by molar-refractivity contribution is 6.12. The smallest absolute Gasteiger partial charge is 0.363 e. The van der Waals surface area contributed by atoms with Crippen LogP contribution in [0.2, 0.25) is 0 Å². The van der Waals surface area contributed by atoms with Crippen LogP contribution in [0.25, 0.3) is 6.08 Å². The molecule has 0 spiro atoms. The fourth-order valence-electron chi connectivity index (χ4n) is 2.41. The van der Waals surface area contributed by atoms with Gasteiger partial charge in [-0.2, -0.15) is 0 Å². The average molecular weight is 355 g/mol. The van der Waals surface area contributed by atoms with Gasteiger partial charge in [-0.25, -0.2) is 14.2 Å². The maximum Gasteiger partial charge on any atom is 0.363 e. The van der Waals surface area contributed by atoms with E-state index in [1.165, 1.54) is 24.3 Å². The molecule has 0 amide bonds. The molecule has 0 aromatic heterocycles. The van der Waals surface area contributed by atoms with E-state index in [0.717, 1.165) is 0 Å². The summed E-state index contributed by atoms with van der Waals surface area (Å²) in [6.07, 6.45) is 1.61. The Morgan fingerprint density at radius 2 is 1.85 bits per heavy atom. The number of cyclic esters (lactones) is 1. The topological polar surface area (TPSA) is 57.1 Å². The van der Waals surface area contributed by atoms with Gasteiger partial charge in [-0.3, -0.25) is 0 Å². The van der Waals surface area contributed by atoms with Crippen LogP contribution in [0.1, 0.15) is 25.0 Å². The van der Waals surface area contributed by atoms with Gasteiger partial charge >= 0.3 is 5.97 Å². The number of esters is 1. The minimum Gasteiger partial charge on any atom is -0.493 e. The van der Waals surface area contributed by atoms with Gasteiger partial charge in [0.2, 0.25) is 5.90 Å². The van der Waals surface area contributed by atoms with E-state index in [4.69, 9.17) is 14.2 Å². The Labute approximate surface area is 150 Å². The number of halogens is 1. The van der Waals surface area contributed by atoms with Crippen LogP contribution in [-0.4, -0.2) is 25.1 Å². The van der Waals surface area contributed by atoms with Crippen LogP contribution in [0, 0.1) is 5.82 Å². The van der Waals surface area contributed by atoms with Gasteiger partial charge in [0.05, 0.1) is 13.2 Å². The Kier molecular flexibility index (Phi) is 5.02. The summed E-state index contributed by atoms with van der Waals surface area (Å²) in [4.78, 5) is 16.3. The normalized spacial score (nSPS) is 15.2. The number of rotatable bonds is 5. The van der Waals surface area contributed by atoms with Crippen molar-refractivity contribution in [2.45, 2.75) is 20.0 Å². The lowest BCUT2D eigenvalue weighted by Gasteiger charge is -2.13. The number of nitrogens with zero attached hydrogens (tertiary/aromatic N) is 1. The van der Waals surface area contributed by atoms with Crippen molar-refractivity contribution in [2.24, 2.45) is 4.99 Å². The highest BCUT2D eigenvalue weighted by Crippen LogP contribution is 2.30. The molecule has 3 rings (SSSR count). The largest absolute Gasteiger partial charge is 0.493 e. The van der Waals surface area contributed by atoms with Crippen molar-refractivity contribution in [1.82, 2.24) is 0 Å². The molecular formula is C20H18FNO4. The maximum atomic E-state index is 13.0. The second-order valence-electron chi connectivity index (χ2n) is 5.92. The Hall–Kier alpha value is -3.15. The number of hydrogen-bond acceptors (Lipinski definition) is 5. The summed E-state index contributed by atoms with van der Waals surface area (Å²) >= 11 is 0. The van der Waals surface area contributed by atoms with E-state index in [2.05, 4.69) is 4.99 Å². The molecule has 2 aromatic carbocycles. The number of ether oxygens (including phenoxy) is 3. The van der Waals surface area contributed by atoms with E-state index in [9.17, 15) is 9.18 Å². The van der Waals surface area contributed by atoms with E-state index in [-0.39, 0.29) is 23.5 Å². The zero-order valence-electron chi connectivity index (χ0n) is 14.7. The van der Waals surface area contributed by atoms with E-state index < -0.39 is 5.97 Å². The first-order valence-electron chi connectivity index (χ1n) is 8.09. The van der Waals surface area contributed by atoms with Crippen molar-refractivity contribution in [3.8, 4) is 11.5 Å². The lowest BCUT2D eigenvalue weighted by atomic mass is 10.1. The number of carbonyl (C=O) groups excluding carboxylic acids is 1. The molecule has 0 atom stereocenters. The second kappa shape index (κ2) is 7.39. The van der Waals surface area contributed by atoms with Crippen LogP contribution < -0.4 is 9.47 Å². The average Bonchev–Trinajstić information content (AvgIpc) is 2.97. The van der Waals surface area contributed by atoms with Crippen LogP contribution in [0.4, 0.5) is 4.39 Å². The molecule has 0 unspecified atom stereocenters. The van der Waals surface area contributed by atoms with E-state index in [1.807, 2.05) is 13.8 Å². The zero-order valence-corrected chi connectivity index (χ0v) is 14.7. The predicted molar refractivity (Wildman–Crippen MR) is 95.8 cm³/mol. The van der Waals surface area contributed by atoms with Gasteiger partial charge < -0.3 is 14.2 Å². The first-order chi connectivity index (χ1) is 12.5. The zero-order chi connectivity index (χ0) is 18.7. The molecule has 2 aromatic rings. The van der Waals surface area contributed by atoms with Crippen LogP contribution >= 0.6 is 0 Å². The summed E-state index contributed by atoms with van der Waals surface area (Å²) < 4.78 is 29.2. The molecule has 0 saturated carbocycles. The summed E-state index contributed by atoms with van der Waals surface area (Å²) in [6.45, 7) is 3.85. The maximum absolute atomic E-state index is 13.0. The molecule has 1 aliphatic rings. The number of hydrogen-bond donors (Lipinski definition) is 0. The molecular weight excluding hydrogens is 337 g/mol. The molecule has 0 bridgehead atoms. The van der Waals surface area contributed by atoms with Gasteiger partial charge in [0.15, 0.2) is 17.2 Å². The Morgan fingerprint density at radius 1 is 1.12 bits per heavy atom. The summed E-state index contributed by atoms with van der Waals surface area (Å²) in [5, 5.41) is 0. The number of methoxy groups -OCH3 is 1. The first-order valence-corrected chi connectivity index (χ1v) is 8.09. The summed E-state index contributed by atoms with van der Waals surface area (Å²) in [5.74, 6) is 0.389. The molecule has 0 N–H and O–H groups in total. The lowest BCUT2D eigenvalue weighted by Crippen LogP contribution is -2.06. The molecule has 1 heterocycles. The highest BCUT2D eigenvalue weighted by Gasteiger charge is 2.24. The fourth-order valence-corrected chi connectivity index (χ4v) is 2.41. The monoisotopic (exact) mass is 355 g/mol. The summed E-state index contributed by atoms with van der Waals surface area (Å²) in [5.41, 5.74) is 1.40. The second-order valence-corrected chi connectivity index (χ2v) is 5.92. The van der Waals surface area contributed by atoms with Crippen molar-refractivity contribution >= 4 is 17.9 Å². The molecule has 6 heteroatoms. The van der Waals surface area contributed by atoms with Crippen molar-refractivity contribution in [2.75, 3.05) is 7.11 Å². The van der Waals surface area contributed by atoms with Crippen LogP contribution in [0.15, 0.2) is 53.2 Å². The third kappa shape index (κ3) is 3.91. The van der Waals surface area contributed by atoms with Crippen molar-refractivity contribution in [3.63, 3.8) is 0 Å². The van der Waals surface area contributed by atoms with Gasteiger partial charge in [-0.05, 0) is 61.9 Å². The number of benzene rings is 2. The lowest BCUT2D eigenvalue weighted by molar-refractivity contribution is -0.129. The summed E-state index contributed by atoms with van der Waals surface area (Å²) in [6, 6.07) is 10.9. The molecule has 0 saturated heterocycles. The van der Waals surface area contributed by atoms with E-state index in [1.54, 1.807) is 31.4 Å². The third-order valence-electron chi connectivity index (χ3n) is 3.57. The highest BCUT2D eigenvalue weighted by atomic mass is 19.1. The van der Waals surface area contributed by atoms with Gasteiger partial charge in [-0.1, -0.05) is 6.07 Å². The van der Waals surface area contributed by atoms with Crippen molar-refractivity contribution in [3.05, 3.63) is 65.1 Å². The Bertz CT molecular complexity index is 885. The third-order valence-corrected chi connectivity index (χ3v) is 3.57. The molecule has 0 fully saturated rings. The minimum atomic E-state index is -0.564. The first kappa shape index (κ1) is 17.7.